The summed E-state index contributed by atoms with van der Waals surface area (Å²) in [5.41, 5.74) is -0.830. The van der Waals surface area contributed by atoms with Gasteiger partial charge in [-0.3, -0.25) is 4.79 Å². The van der Waals surface area contributed by atoms with E-state index in [0.717, 1.165) is 12.8 Å². The summed E-state index contributed by atoms with van der Waals surface area (Å²) in [6.07, 6.45) is 3.55. The fourth-order valence-corrected chi connectivity index (χ4v) is 3.48. The van der Waals surface area contributed by atoms with E-state index in [-0.39, 0.29) is 12.0 Å². The molecule has 2 bridgehead atoms. The van der Waals surface area contributed by atoms with Gasteiger partial charge in [0.1, 0.15) is 17.8 Å². The van der Waals surface area contributed by atoms with E-state index in [0.29, 0.717) is 26.1 Å². The minimum Gasteiger partial charge on any atom is -0.388 e. The second-order valence-corrected chi connectivity index (χ2v) is 6.53. The van der Waals surface area contributed by atoms with Gasteiger partial charge in [-0.05, 0) is 19.3 Å². The number of carbonyl (C=O) groups is 1. The van der Waals surface area contributed by atoms with Crippen LogP contribution in [0.5, 0.6) is 0 Å². The topological polar surface area (TPSA) is 88.0 Å². The molecule has 0 aliphatic carbocycles. The summed E-state index contributed by atoms with van der Waals surface area (Å²) < 4.78 is 11.7. The van der Waals surface area contributed by atoms with Crippen molar-refractivity contribution in [2.75, 3.05) is 13.2 Å². The van der Waals surface area contributed by atoms with Crippen LogP contribution in [-0.2, 0) is 14.3 Å². The number of amides is 1. The van der Waals surface area contributed by atoms with Crippen molar-refractivity contribution in [1.82, 2.24) is 5.32 Å². The van der Waals surface area contributed by atoms with E-state index in [1.54, 1.807) is 0 Å². The molecule has 128 valence electrons. The van der Waals surface area contributed by atoms with Crippen molar-refractivity contribution in [2.45, 2.75) is 82.3 Å². The van der Waals surface area contributed by atoms with Crippen molar-refractivity contribution in [2.24, 2.45) is 0 Å². The number of carbonyl (C=O) groups excluding carboxylic acids is 1. The zero-order chi connectivity index (χ0) is 16.2. The van der Waals surface area contributed by atoms with E-state index in [2.05, 4.69) is 12.2 Å². The molecule has 1 amide bonds. The molecule has 2 fully saturated rings. The van der Waals surface area contributed by atoms with Crippen LogP contribution in [0.3, 0.4) is 0 Å². The Morgan fingerprint density at radius 1 is 1.36 bits per heavy atom. The number of hydrogen-bond donors (Lipinski definition) is 3. The average Bonchev–Trinajstić information content (AvgIpc) is 2.88. The molecular formula is C16H29NO5. The number of aliphatic hydroxyl groups is 2. The largest absolute Gasteiger partial charge is 0.388 e. The lowest BCUT2D eigenvalue weighted by molar-refractivity contribution is -0.225. The number of fused-ring (bicyclic) bond motifs is 2. The molecule has 0 spiro atoms. The molecule has 0 unspecified atom stereocenters. The van der Waals surface area contributed by atoms with Gasteiger partial charge in [-0.2, -0.15) is 0 Å². The highest BCUT2D eigenvalue weighted by atomic mass is 16.6. The molecule has 2 heterocycles. The van der Waals surface area contributed by atoms with Crippen molar-refractivity contribution in [3.63, 3.8) is 0 Å². The molecule has 2 aliphatic rings. The molecule has 2 rings (SSSR count). The van der Waals surface area contributed by atoms with Crippen LogP contribution in [0.4, 0.5) is 0 Å². The Bertz CT molecular complexity index is 378. The molecular weight excluding hydrogens is 286 g/mol. The second-order valence-electron chi connectivity index (χ2n) is 6.53. The third-order valence-corrected chi connectivity index (χ3v) is 4.73. The summed E-state index contributed by atoms with van der Waals surface area (Å²) in [7, 11) is 0. The number of unbranched alkanes of at least 4 members (excludes halogenated alkanes) is 3. The standard InChI is InChI=1S/C16H29NO5/c1-3-4-5-6-9-21-10-16-8-7-12(22-16)13(17-11(2)18)14(19)15(16)20/h12-15,19-20H,3-10H2,1-2H3,(H,17,18)/t12-,13+,14-,15-,16-/m1/s1. The summed E-state index contributed by atoms with van der Waals surface area (Å²) in [5, 5.41) is 23.4. The van der Waals surface area contributed by atoms with Crippen molar-refractivity contribution in [1.29, 1.82) is 0 Å². The summed E-state index contributed by atoms with van der Waals surface area (Å²) in [5.74, 6) is -0.230. The molecule has 3 N–H and O–H groups in total. The highest BCUT2D eigenvalue weighted by molar-refractivity contribution is 5.73. The van der Waals surface area contributed by atoms with Crippen molar-refractivity contribution in [3.8, 4) is 0 Å². The van der Waals surface area contributed by atoms with Crippen LogP contribution in [-0.4, -0.2) is 59.3 Å². The molecule has 6 nitrogen and oxygen atoms in total. The summed E-state index contributed by atoms with van der Waals surface area (Å²) >= 11 is 0. The Kier molecular flexibility index (Phi) is 6.20. The zero-order valence-electron chi connectivity index (χ0n) is 13.6. The number of ether oxygens (including phenoxy) is 2. The van der Waals surface area contributed by atoms with Gasteiger partial charge in [0, 0.05) is 13.5 Å². The van der Waals surface area contributed by atoms with Crippen LogP contribution in [0.25, 0.3) is 0 Å². The summed E-state index contributed by atoms with van der Waals surface area (Å²) in [4.78, 5) is 11.2. The smallest absolute Gasteiger partial charge is 0.217 e. The van der Waals surface area contributed by atoms with Crippen LogP contribution in [0.2, 0.25) is 0 Å². The third kappa shape index (κ3) is 3.79. The highest BCUT2D eigenvalue weighted by Crippen LogP contribution is 2.42. The third-order valence-electron chi connectivity index (χ3n) is 4.73. The monoisotopic (exact) mass is 315 g/mol. The van der Waals surface area contributed by atoms with Crippen molar-refractivity contribution >= 4 is 5.91 Å². The molecule has 0 saturated carbocycles. The minimum absolute atomic E-state index is 0.230. The van der Waals surface area contributed by atoms with E-state index >= 15 is 0 Å². The number of rotatable bonds is 8. The first-order chi connectivity index (χ1) is 10.5. The van der Waals surface area contributed by atoms with Gasteiger partial charge in [0.2, 0.25) is 5.91 Å². The van der Waals surface area contributed by atoms with Gasteiger partial charge >= 0.3 is 0 Å². The molecule has 2 aliphatic heterocycles. The summed E-state index contributed by atoms with van der Waals surface area (Å²) in [6.45, 7) is 4.50. The first-order valence-electron chi connectivity index (χ1n) is 8.39. The highest BCUT2D eigenvalue weighted by Gasteiger charge is 2.58. The predicted octanol–water partition coefficient (Wildman–Crippen LogP) is 0.741. The van der Waals surface area contributed by atoms with E-state index in [9.17, 15) is 15.0 Å². The molecule has 2 saturated heterocycles. The number of nitrogens with one attached hydrogen (secondary N) is 1. The van der Waals surface area contributed by atoms with Gasteiger partial charge < -0.3 is 25.0 Å². The quantitative estimate of drug-likeness (QED) is 0.575. The molecule has 5 atom stereocenters. The van der Waals surface area contributed by atoms with Gasteiger partial charge in [-0.15, -0.1) is 0 Å². The van der Waals surface area contributed by atoms with Gasteiger partial charge in [0.25, 0.3) is 0 Å². The van der Waals surface area contributed by atoms with E-state index < -0.39 is 23.9 Å². The number of aliphatic hydroxyl groups excluding tert-OH is 2. The van der Waals surface area contributed by atoms with Gasteiger partial charge in [0.05, 0.1) is 18.8 Å². The Morgan fingerprint density at radius 2 is 2.14 bits per heavy atom. The normalized spacial score (nSPS) is 37.3. The first kappa shape index (κ1) is 17.7. The van der Waals surface area contributed by atoms with Crippen molar-refractivity contribution in [3.05, 3.63) is 0 Å². The van der Waals surface area contributed by atoms with Crippen LogP contribution in [0, 0.1) is 0 Å². The van der Waals surface area contributed by atoms with E-state index in [1.807, 2.05) is 0 Å². The summed E-state index contributed by atoms with van der Waals surface area (Å²) in [6, 6.07) is -0.548. The second kappa shape index (κ2) is 7.73. The van der Waals surface area contributed by atoms with Crippen LogP contribution in [0.15, 0.2) is 0 Å². The molecule has 0 aromatic carbocycles. The Hall–Kier alpha value is -0.690. The fraction of sp³-hybridized carbons (Fsp3) is 0.938. The maximum atomic E-state index is 11.2. The Balaban J connectivity index is 1.86. The lowest BCUT2D eigenvalue weighted by atomic mass is 9.88. The van der Waals surface area contributed by atoms with Gasteiger partial charge in [-0.25, -0.2) is 0 Å². The first-order valence-corrected chi connectivity index (χ1v) is 8.39. The van der Waals surface area contributed by atoms with Gasteiger partial charge in [0.15, 0.2) is 0 Å². The molecule has 0 radical (unpaired) electrons. The van der Waals surface area contributed by atoms with Crippen molar-refractivity contribution < 1.29 is 24.5 Å². The predicted molar refractivity (Wildman–Crippen MR) is 81.4 cm³/mol. The van der Waals surface area contributed by atoms with E-state index in [1.165, 1.54) is 19.8 Å². The lowest BCUT2D eigenvalue weighted by Crippen LogP contribution is -2.65. The molecule has 22 heavy (non-hydrogen) atoms. The number of hydrogen-bond acceptors (Lipinski definition) is 5. The minimum atomic E-state index is -1.04. The fourth-order valence-electron chi connectivity index (χ4n) is 3.48. The lowest BCUT2D eigenvalue weighted by Gasteiger charge is -2.44. The zero-order valence-corrected chi connectivity index (χ0v) is 13.6. The van der Waals surface area contributed by atoms with Gasteiger partial charge in [-0.1, -0.05) is 26.2 Å². The average molecular weight is 315 g/mol. The molecule has 6 heteroatoms. The maximum Gasteiger partial charge on any atom is 0.217 e. The Labute approximate surface area is 132 Å². The SMILES string of the molecule is CCCCCCOC[C@@]12CC[C@@H](O1)[C@H](NC(C)=O)[C@@H](O)[C@H]2O. The molecule has 0 aromatic heterocycles. The Morgan fingerprint density at radius 3 is 2.82 bits per heavy atom. The van der Waals surface area contributed by atoms with Crippen LogP contribution in [0.1, 0.15) is 52.4 Å². The van der Waals surface area contributed by atoms with Crippen LogP contribution >= 0.6 is 0 Å². The van der Waals surface area contributed by atoms with Crippen LogP contribution < -0.4 is 5.32 Å². The van der Waals surface area contributed by atoms with E-state index in [4.69, 9.17) is 9.47 Å². The maximum absolute atomic E-state index is 11.2. The molecule has 0 aromatic rings.